The summed E-state index contributed by atoms with van der Waals surface area (Å²) in [5, 5.41) is 0.535. The summed E-state index contributed by atoms with van der Waals surface area (Å²) in [6.07, 6.45) is 2.43. The maximum absolute atomic E-state index is 11.8. The van der Waals surface area contributed by atoms with Gasteiger partial charge in [-0.1, -0.05) is 11.8 Å². The number of aldehydes is 1. The predicted octanol–water partition coefficient (Wildman–Crippen LogP) is 0.874. The average molecular weight is 226 g/mol. The SMILES string of the molecule is Cn1cnc2ccc(C#CCC=O)cc2c1=O. The molecule has 4 heteroatoms. The minimum absolute atomic E-state index is 0.103. The molecule has 0 aliphatic rings. The van der Waals surface area contributed by atoms with E-state index in [4.69, 9.17) is 0 Å². The van der Waals surface area contributed by atoms with Gasteiger partial charge in [-0.25, -0.2) is 4.98 Å². The molecule has 0 saturated carbocycles. The lowest BCUT2D eigenvalue weighted by Gasteiger charge is -2.00. The van der Waals surface area contributed by atoms with E-state index >= 15 is 0 Å². The normalized spacial score (nSPS) is 9.71. The van der Waals surface area contributed by atoms with Crippen LogP contribution in [0.4, 0.5) is 0 Å². The molecule has 1 heterocycles. The van der Waals surface area contributed by atoms with Gasteiger partial charge in [0.25, 0.3) is 5.56 Å². The Balaban J connectivity index is 2.58. The molecule has 0 bridgehead atoms. The van der Waals surface area contributed by atoms with Crippen LogP contribution in [0.25, 0.3) is 10.9 Å². The molecule has 84 valence electrons. The molecule has 4 nitrogen and oxygen atoms in total. The summed E-state index contributed by atoms with van der Waals surface area (Å²) in [5.41, 5.74) is 1.26. The molecule has 2 rings (SSSR count). The molecule has 0 fully saturated rings. The number of hydrogen-bond acceptors (Lipinski definition) is 3. The first kappa shape index (κ1) is 11.1. The molecule has 0 aliphatic heterocycles. The fourth-order valence-corrected chi connectivity index (χ4v) is 1.48. The first-order valence-corrected chi connectivity index (χ1v) is 5.10. The van der Waals surface area contributed by atoms with Crippen LogP contribution in [0.15, 0.2) is 29.3 Å². The number of aromatic nitrogens is 2. The summed E-state index contributed by atoms with van der Waals surface area (Å²) in [6, 6.07) is 5.23. The van der Waals surface area contributed by atoms with Crippen molar-refractivity contribution in [2.45, 2.75) is 6.42 Å². The fourth-order valence-electron chi connectivity index (χ4n) is 1.48. The van der Waals surface area contributed by atoms with Crippen LogP contribution in [-0.4, -0.2) is 15.8 Å². The lowest BCUT2D eigenvalue weighted by molar-refractivity contribution is -0.107. The van der Waals surface area contributed by atoms with E-state index in [2.05, 4.69) is 16.8 Å². The topological polar surface area (TPSA) is 52.0 Å². The minimum Gasteiger partial charge on any atom is -0.302 e. The van der Waals surface area contributed by atoms with Gasteiger partial charge in [-0.3, -0.25) is 4.79 Å². The molecular formula is C13H10N2O2. The number of carbonyl (C=O) groups is 1. The van der Waals surface area contributed by atoms with E-state index in [0.717, 1.165) is 6.29 Å². The smallest absolute Gasteiger partial charge is 0.260 e. The molecule has 0 aliphatic carbocycles. The zero-order valence-electron chi connectivity index (χ0n) is 9.30. The quantitative estimate of drug-likeness (QED) is 0.535. The van der Waals surface area contributed by atoms with Crippen LogP contribution in [0.5, 0.6) is 0 Å². The summed E-state index contributed by atoms with van der Waals surface area (Å²) in [7, 11) is 1.65. The molecule has 1 aromatic carbocycles. The number of benzene rings is 1. The Labute approximate surface area is 97.9 Å². The first-order valence-electron chi connectivity index (χ1n) is 5.10. The zero-order chi connectivity index (χ0) is 12.3. The van der Waals surface area contributed by atoms with Crippen molar-refractivity contribution in [3.05, 3.63) is 40.4 Å². The van der Waals surface area contributed by atoms with E-state index in [0.29, 0.717) is 16.5 Å². The Hall–Kier alpha value is -2.41. The molecule has 0 unspecified atom stereocenters. The molecule has 0 radical (unpaired) electrons. The molecule has 0 saturated heterocycles. The van der Waals surface area contributed by atoms with Crippen molar-refractivity contribution in [2.75, 3.05) is 0 Å². The monoisotopic (exact) mass is 226 g/mol. The Bertz CT molecular complexity index is 690. The average Bonchev–Trinajstić information content (AvgIpc) is 2.35. The van der Waals surface area contributed by atoms with Crippen molar-refractivity contribution in [1.29, 1.82) is 0 Å². The maximum Gasteiger partial charge on any atom is 0.260 e. The number of fused-ring (bicyclic) bond motifs is 1. The standard InChI is InChI=1S/C13H10N2O2/c1-15-9-14-12-6-5-10(4-2-3-7-16)8-11(12)13(15)17/h5-9H,3H2,1H3. The van der Waals surface area contributed by atoms with Crippen molar-refractivity contribution in [3.63, 3.8) is 0 Å². The molecule has 17 heavy (non-hydrogen) atoms. The fraction of sp³-hybridized carbons (Fsp3) is 0.154. The minimum atomic E-state index is -0.103. The second-order valence-corrected chi connectivity index (χ2v) is 3.57. The lowest BCUT2D eigenvalue weighted by atomic mass is 10.1. The van der Waals surface area contributed by atoms with Gasteiger partial charge in [0.15, 0.2) is 0 Å². The first-order chi connectivity index (χ1) is 8.22. The van der Waals surface area contributed by atoms with E-state index in [9.17, 15) is 9.59 Å². The van der Waals surface area contributed by atoms with Crippen LogP contribution in [0.1, 0.15) is 12.0 Å². The van der Waals surface area contributed by atoms with Gasteiger partial charge in [-0.2, -0.15) is 0 Å². The summed E-state index contributed by atoms with van der Waals surface area (Å²) in [6.45, 7) is 0. The number of aryl methyl sites for hydroxylation is 1. The van der Waals surface area contributed by atoms with E-state index in [1.54, 1.807) is 25.2 Å². The Morgan fingerprint density at radius 3 is 3.06 bits per heavy atom. The Kier molecular flexibility index (Phi) is 3.01. The largest absolute Gasteiger partial charge is 0.302 e. The molecular weight excluding hydrogens is 216 g/mol. The van der Waals surface area contributed by atoms with Crippen molar-refractivity contribution in [2.24, 2.45) is 7.05 Å². The van der Waals surface area contributed by atoms with Gasteiger partial charge in [0, 0.05) is 12.6 Å². The lowest BCUT2D eigenvalue weighted by Crippen LogP contribution is -2.16. The summed E-state index contributed by atoms with van der Waals surface area (Å²) in [5.74, 6) is 5.53. The van der Waals surface area contributed by atoms with Crippen LogP contribution in [-0.2, 0) is 11.8 Å². The highest BCUT2D eigenvalue weighted by molar-refractivity contribution is 5.79. The third-order valence-corrected chi connectivity index (χ3v) is 2.34. The van der Waals surface area contributed by atoms with E-state index in [1.165, 1.54) is 10.9 Å². The Morgan fingerprint density at radius 2 is 2.29 bits per heavy atom. The molecule has 2 aromatic rings. The number of rotatable bonds is 1. The maximum atomic E-state index is 11.8. The molecule has 0 spiro atoms. The molecule has 0 N–H and O–H groups in total. The van der Waals surface area contributed by atoms with Crippen LogP contribution in [0, 0.1) is 11.8 Å². The summed E-state index contributed by atoms with van der Waals surface area (Å²) >= 11 is 0. The van der Waals surface area contributed by atoms with Gasteiger partial charge in [-0.05, 0) is 18.2 Å². The van der Waals surface area contributed by atoms with E-state index in [-0.39, 0.29) is 12.0 Å². The second kappa shape index (κ2) is 4.62. The molecule has 1 aromatic heterocycles. The van der Waals surface area contributed by atoms with Gasteiger partial charge < -0.3 is 9.36 Å². The highest BCUT2D eigenvalue weighted by Crippen LogP contribution is 2.08. The summed E-state index contributed by atoms with van der Waals surface area (Å²) in [4.78, 5) is 26.1. The van der Waals surface area contributed by atoms with Crippen molar-refractivity contribution in [1.82, 2.24) is 9.55 Å². The van der Waals surface area contributed by atoms with Gasteiger partial charge in [0.1, 0.15) is 6.29 Å². The van der Waals surface area contributed by atoms with Crippen LogP contribution in [0.3, 0.4) is 0 Å². The van der Waals surface area contributed by atoms with Crippen LogP contribution < -0.4 is 5.56 Å². The predicted molar refractivity (Wildman–Crippen MR) is 64.5 cm³/mol. The highest BCUT2D eigenvalue weighted by Gasteiger charge is 2.01. The van der Waals surface area contributed by atoms with Crippen molar-refractivity contribution in [3.8, 4) is 11.8 Å². The van der Waals surface area contributed by atoms with Gasteiger partial charge in [-0.15, -0.1) is 0 Å². The third-order valence-electron chi connectivity index (χ3n) is 2.34. The Morgan fingerprint density at radius 1 is 1.47 bits per heavy atom. The van der Waals surface area contributed by atoms with Gasteiger partial charge >= 0.3 is 0 Å². The number of hydrogen-bond donors (Lipinski definition) is 0. The molecule has 0 amide bonds. The third kappa shape index (κ3) is 2.23. The van der Waals surface area contributed by atoms with Crippen LogP contribution in [0.2, 0.25) is 0 Å². The second-order valence-electron chi connectivity index (χ2n) is 3.57. The van der Waals surface area contributed by atoms with Crippen LogP contribution >= 0.6 is 0 Å². The van der Waals surface area contributed by atoms with Crippen molar-refractivity contribution < 1.29 is 4.79 Å². The summed E-state index contributed by atoms with van der Waals surface area (Å²) < 4.78 is 1.42. The number of nitrogens with zero attached hydrogens (tertiary/aromatic N) is 2. The van der Waals surface area contributed by atoms with E-state index < -0.39 is 0 Å². The van der Waals surface area contributed by atoms with Gasteiger partial charge in [0.05, 0.1) is 23.7 Å². The molecule has 0 atom stereocenters. The van der Waals surface area contributed by atoms with E-state index in [1.807, 2.05) is 0 Å². The van der Waals surface area contributed by atoms with Gasteiger partial charge in [0.2, 0.25) is 0 Å². The van der Waals surface area contributed by atoms with Crippen molar-refractivity contribution >= 4 is 17.2 Å². The highest BCUT2D eigenvalue weighted by atomic mass is 16.1. The number of carbonyl (C=O) groups excluding carboxylic acids is 1. The zero-order valence-corrected chi connectivity index (χ0v) is 9.30.